The van der Waals surface area contributed by atoms with E-state index >= 15 is 0 Å². The van der Waals surface area contributed by atoms with Gasteiger partial charge in [0.2, 0.25) is 21.9 Å². The van der Waals surface area contributed by atoms with Crippen LogP contribution in [0.1, 0.15) is 25.3 Å². The van der Waals surface area contributed by atoms with E-state index in [1.807, 2.05) is 13.0 Å². The average Bonchev–Trinajstić information content (AvgIpc) is 3.25. The Balaban J connectivity index is 1.45. The van der Waals surface area contributed by atoms with Crippen LogP contribution in [0.25, 0.3) is 21.5 Å². The molecule has 13 heteroatoms. The zero-order valence-electron chi connectivity index (χ0n) is 21.1. The number of fused-ring (bicyclic) bond motifs is 1. The standard InChI is InChI=1S/C25H28FN7O3S2/c1-14(2)38(34,35)33-19-6-7-21(18-5-4-9-28-22(18)19)36-24-23(37-15(3)30-24)20-8-10-29-25(32-20)31-17-11-16(26)12-27-13-17/h4-10,14,16-17,27,33H,11-13H2,1-3H3,(H,29,31,32)/t16-,17-/m0/s1. The minimum absolute atomic E-state index is 0.113. The van der Waals surface area contributed by atoms with Gasteiger partial charge in [0.25, 0.3) is 0 Å². The van der Waals surface area contributed by atoms with E-state index in [1.54, 1.807) is 50.5 Å². The average molecular weight is 558 g/mol. The van der Waals surface area contributed by atoms with Gasteiger partial charge in [-0.05, 0) is 51.1 Å². The van der Waals surface area contributed by atoms with Crippen molar-refractivity contribution in [1.82, 2.24) is 25.3 Å². The van der Waals surface area contributed by atoms with Crippen molar-refractivity contribution in [2.75, 3.05) is 23.1 Å². The molecule has 1 fully saturated rings. The normalized spacial score (nSPS) is 18.0. The highest BCUT2D eigenvalue weighted by atomic mass is 32.2. The monoisotopic (exact) mass is 557 g/mol. The van der Waals surface area contributed by atoms with Crippen LogP contribution >= 0.6 is 11.3 Å². The number of sulfonamides is 1. The lowest BCUT2D eigenvalue weighted by molar-refractivity contribution is 0.254. The first-order chi connectivity index (χ1) is 18.2. The summed E-state index contributed by atoms with van der Waals surface area (Å²) in [6.07, 6.45) is 2.71. The summed E-state index contributed by atoms with van der Waals surface area (Å²) in [5.41, 5.74) is 1.45. The van der Waals surface area contributed by atoms with Gasteiger partial charge < -0.3 is 15.4 Å². The summed E-state index contributed by atoms with van der Waals surface area (Å²) >= 11 is 1.43. The Labute approximate surface area is 224 Å². The van der Waals surface area contributed by atoms with Gasteiger partial charge in [0.15, 0.2) is 0 Å². The van der Waals surface area contributed by atoms with Crippen LogP contribution in [0.5, 0.6) is 11.6 Å². The molecule has 200 valence electrons. The van der Waals surface area contributed by atoms with Crippen LogP contribution in [0.3, 0.4) is 0 Å². The van der Waals surface area contributed by atoms with Gasteiger partial charge in [0.1, 0.15) is 16.8 Å². The quantitative estimate of drug-likeness (QED) is 0.286. The molecule has 3 N–H and O–H groups in total. The summed E-state index contributed by atoms with van der Waals surface area (Å²) in [5, 5.41) is 7.08. The molecule has 3 aromatic heterocycles. The Hall–Kier alpha value is -3.42. The number of ether oxygens (including phenoxy) is 1. The summed E-state index contributed by atoms with van der Waals surface area (Å²) in [6, 6.07) is 8.55. The third-order valence-electron chi connectivity index (χ3n) is 6.03. The third kappa shape index (κ3) is 5.69. The molecule has 0 amide bonds. The van der Waals surface area contributed by atoms with Gasteiger partial charge >= 0.3 is 0 Å². The Bertz CT molecular complexity index is 1560. The number of nitrogens with one attached hydrogen (secondary N) is 3. The summed E-state index contributed by atoms with van der Waals surface area (Å²) in [7, 11) is -3.56. The van der Waals surface area contributed by atoms with Crippen LogP contribution < -0.4 is 20.1 Å². The minimum atomic E-state index is -3.56. The number of hydrogen-bond donors (Lipinski definition) is 3. The fourth-order valence-corrected chi connectivity index (χ4v) is 5.59. The van der Waals surface area contributed by atoms with E-state index in [2.05, 4.69) is 35.3 Å². The van der Waals surface area contributed by atoms with Gasteiger partial charge in [-0.2, -0.15) is 0 Å². The number of thiazole rings is 1. The second kappa shape index (κ2) is 10.8. The Morgan fingerprint density at radius 2 is 1.97 bits per heavy atom. The number of nitrogens with zero attached hydrogens (tertiary/aromatic N) is 4. The molecule has 38 heavy (non-hydrogen) atoms. The van der Waals surface area contributed by atoms with Crippen molar-refractivity contribution in [2.45, 2.75) is 44.7 Å². The van der Waals surface area contributed by atoms with Crippen LogP contribution in [0, 0.1) is 6.92 Å². The maximum absolute atomic E-state index is 13.8. The first-order valence-corrected chi connectivity index (χ1v) is 14.6. The molecule has 0 unspecified atom stereocenters. The molecule has 0 spiro atoms. The lowest BCUT2D eigenvalue weighted by Crippen LogP contribution is -2.44. The fraction of sp³-hybridized carbons (Fsp3) is 0.360. The van der Waals surface area contributed by atoms with Crippen molar-refractivity contribution < 1.29 is 17.5 Å². The van der Waals surface area contributed by atoms with Gasteiger partial charge in [-0.25, -0.2) is 27.8 Å². The van der Waals surface area contributed by atoms with E-state index in [9.17, 15) is 12.8 Å². The number of aromatic nitrogens is 4. The van der Waals surface area contributed by atoms with Crippen molar-refractivity contribution >= 4 is 43.9 Å². The molecule has 4 heterocycles. The van der Waals surface area contributed by atoms with Gasteiger partial charge in [0.05, 0.1) is 27.2 Å². The van der Waals surface area contributed by atoms with Gasteiger partial charge in [0, 0.05) is 43.3 Å². The van der Waals surface area contributed by atoms with Crippen molar-refractivity contribution in [2.24, 2.45) is 0 Å². The molecular weight excluding hydrogens is 529 g/mol. The first kappa shape index (κ1) is 26.2. The summed E-state index contributed by atoms with van der Waals surface area (Å²) < 4.78 is 47.6. The molecule has 1 aromatic carbocycles. The highest BCUT2D eigenvalue weighted by molar-refractivity contribution is 7.93. The van der Waals surface area contributed by atoms with Crippen LogP contribution in [0.2, 0.25) is 0 Å². The molecular formula is C25H28FN7O3S2. The van der Waals surface area contributed by atoms with E-state index < -0.39 is 21.4 Å². The summed E-state index contributed by atoms with van der Waals surface area (Å²) in [4.78, 5) is 18.6. The smallest absolute Gasteiger partial charge is 0.240 e. The van der Waals surface area contributed by atoms with Crippen molar-refractivity contribution in [3.8, 4) is 22.2 Å². The van der Waals surface area contributed by atoms with E-state index in [4.69, 9.17) is 4.74 Å². The molecule has 10 nitrogen and oxygen atoms in total. The van der Waals surface area contributed by atoms with Crippen LogP contribution in [0.15, 0.2) is 42.7 Å². The molecule has 5 rings (SSSR count). The Morgan fingerprint density at radius 1 is 1.13 bits per heavy atom. The molecule has 0 radical (unpaired) electrons. The second-order valence-electron chi connectivity index (χ2n) is 9.27. The molecule has 4 aromatic rings. The van der Waals surface area contributed by atoms with Gasteiger partial charge in [-0.15, -0.1) is 11.3 Å². The summed E-state index contributed by atoms with van der Waals surface area (Å²) in [5.74, 6) is 1.24. The number of hydrogen-bond acceptors (Lipinski definition) is 10. The topological polar surface area (TPSA) is 131 Å². The van der Waals surface area contributed by atoms with Gasteiger partial charge in [-0.1, -0.05) is 0 Å². The molecule has 0 aliphatic carbocycles. The number of alkyl halides is 1. The zero-order chi connectivity index (χ0) is 26.9. The Kier molecular flexibility index (Phi) is 7.41. The molecule has 1 aliphatic heterocycles. The molecule has 1 saturated heterocycles. The highest BCUT2D eigenvalue weighted by Crippen LogP contribution is 2.40. The van der Waals surface area contributed by atoms with Gasteiger partial charge in [-0.3, -0.25) is 9.71 Å². The predicted octanol–water partition coefficient (Wildman–Crippen LogP) is 4.51. The second-order valence-corrected chi connectivity index (χ2v) is 12.7. The molecule has 2 atom stereocenters. The predicted molar refractivity (Wildman–Crippen MR) is 147 cm³/mol. The maximum atomic E-state index is 13.8. The summed E-state index contributed by atoms with van der Waals surface area (Å²) in [6.45, 7) is 6.08. The Morgan fingerprint density at radius 3 is 2.76 bits per heavy atom. The van der Waals surface area contributed by atoms with Crippen molar-refractivity contribution in [3.05, 3.63) is 47.7 Å². The van der Waals surface area contributed by atoms with Crippen molar-refractivity contribution in [3.63, 3.8) is 0 Å². The minimum Gasteiger partial charge on any atom is -0.437 e. The van der Waals surface area contributed by atoms with Crippen LogP contribution in [-0.4, -0.2) is 58.9 Å². The number of rotatable bonds is 8. The van der Waals surface area contributed by atoms with E-state index in [1.165, 1.54) is 11.3 Å². The van der Waals surface area contributed by atoms with E-state index in [0.29, 0.717) is 64.2 Å². The first-order valence-electron chi connectivity index (χ1n) is 12.2. The number of anilines is 2. The zero-order valence-corrected chi connectivity index (χ0v) is 22.7. The lowest BCUT2D eigenvalue weighted by Gasteiger charge is -2.26. The van der Waals surface area contributed by atoms with Crippen LogP contribution in [0.4, 0.5) is 16.0 Å². The molecule has 0 bridgehead atoms. The fourth-order valence-electron chi connectivity index (χ4n) is 4.07. The third-order valence-corrected chi connectivity index (χ3v) is 8.75. The number of aryl methyl sites for hydroxylation is 1. The lowest BCUT2D eigenvalue weighted by atomic mass is 10.1. The maximum Gasteiger partial charge on any atom is 0.240 e. The number of pyridine rings is 1. The largest absolute Gasteiger partial charge is 0.437 e. The number of halogens is 1. The van der Waals surface area contributed by atoms with Crippen molar-refractivity contribution in [1.29, 1.82) is 0 Å². The number of piperidine rings is 1. The molecule has 1 aliphatic rings. The highest BCUT2D eigenvalue weighted by Gasteiger charge is 2.23. The van der Waals surface area contributed by atoms with Crippen LogP contribution in [-0.2, 0) is 10.0 Å². The number of benzene rings is 1. The molecule has 0 saturated carbocycles. The van der Waals surface area contributed by atoms with E-state index in [0.717, 1.165) is 5.01 Å². The SMILES string of the molecule is Cc1nc(Oc2ccc(NS(=O)(=O)C(C)C)c3ncccc23)c(-c2ccnc(N[C@@H]3CNC[C@@H](F)C3)n2)s1. The van der Waals surface area contributed by atoms with E-state index in [-0.39, 0.29) is 6.04 Å².